The predicted molar refractivity (Wildman–Crippen MR) is 67.3 cm³/mol. The van der Waals surface area contributed by atoms with Gasteiger partial charge in [0.2, 0.25) is 5.91 Å². The SMILES string of the molecule is CCNC(=O)NC(=O)CN(C)CC1CNCCO1. The molecule has 0 spiro atoms. The minimum absolute atomic E-state index is 0.0982. The van der Waals surface area contributed by atoms with Crippen molar-refractivity contribution in [1.82, 2.24) is 20.9 Å². The second-order valence-corrected chi connectivity index (χ2v) is 4.30. The van der Waals surface area contributed by atoms with E-state index in [1.165, 1.54) is 0 Å². The molecule has 7 nitrogen and oxygen atoms in total. The van der Waals surface area contributed by atoms with E-state index in [-0.39, 0.29) is 18.6 Å². The Bertz CT molecular complexity index is 279. The lowest BCUT2D eigenvalue weighted by molar-refractivity contribution is -0.121. The van der Waals surface area contributed by atoms with E-state index in [4.69, 9.17) is 4.74 Å². The summed E-state index contributed by atoms with van der Waals surface area (Å²) in [7, 11) is 1.83. The summed E-state index contributed by atoms with van der Waals surface area (Å²) < 4.78 is 5.53. The van der Waals surface area contributed by atoms with Crippen LogP contribution in [0.4, 0.5) is 4.79 Å². The van der Waals surface area contributed by atoms with Crippen LogP contribution in [0.15, 0.2) is 0 Å². The Morgan fingerprint density at radius 3 is 2.89 bits per heavy atom. The predicted octanol–water partition coefficient (Wildman–Crippen LogP) is -1.25. The van der Waals surface area contributed by atoms with Crippen LogP contribution in [0.25, 0.3) is 0 Å². The van der Waals surface area contributed by atoms with Gasteiger partial charge in [0.05, 0.1) is 19.3 Å². The third-order valence-corrected chi connectivity index (χ3v) is 2.52. The Morgan fingerprint density at radius 2 is 2.28 bits per heavy atom. The van der Waals surface area contributed by atoms with Gasteiger partial charge in [-0.15, -0.1) is 0 Å². The number of rotatable bonds is 5. The number of urea groups is 1. The number of imide groups is 1. The van der Waals surface area contributed by atoms with Gasteiger partial charge in [0.25, 0.3) is 0 Å². The van der Waals surface area contributed by atoms with Crippen LogP contribution in [0.3, 0.4) is 0 Å². The fraction of sp³-hybridized carbons (Fsp3) is 0.818. The third-order valence-electron chi connectivity index (χ3n) is 2.52. The number of carbonyl (C=O) groups is 2. The highest BCUT2D eigenvalue weighted by Gasteiger charge is 2.17. The molecule has 1 heterocycles. The molecule has 0 aliphatic carbocycles. The maximum Gasteiger partial charge on any atom is 0.321 e. The largest absolute Gasteiger partial charge is 0.374 e. The number of likely N-dealkylation sites (N-methyl/N-ethyl adjacent to an activating group) is 1. The molecular formula is C11H22N4O3. The Labute approximate surface area is 107 Å². The number of morpholine rings is 1. The van der Waals surface area contributed by atoms with Gasteiger partial charge in [0, 0.05) is 26.2 Å². The summed E-state index contributed by atoms with van der Waals surface area (Å²) in [5.41, 5.74) is 0. The summed E-state index contributed by atoms with van der Waals surface area (Å²) in [5.74, 6) is -0.313. The maximum atomic E-state index is 11.5. The molecule has 0 aromatic rings. The van der Waals surface area contributed by atoms with Crippen molar-refractivity contribution in [2.45, 2.75) is 13.0 Å². The van der Waals surface area contributed by atoms with Crippen molar-refractivity contribution in [3.05, 3.63) is 0 Å². The Kier molecular flexibility index (Phi) is 6.63. The summed E-state index contributed by atoms with van der Waals surface area (Å²) in [6.45, 7) is 5.50. The zero-order valence-electron chi connectivity index (χ0n) is 11.0. The normalized spacial score (nSPS) is 19.6. The lowest BCUT2D eigenvalue weighted by atomic mass is 10.3. The van der Waals surface area contributed by atoms with E-state index in [2.05, 4.69) is 16.0 Å². The first kappa shape index (κ1) is 14.9. The number of nitrogens with zero attached hydrogens (tertiary/aromatic N) is 1. The molecular weight excluding hydrogens is 236 g/mol. The number of ether oxygens (including phenoxy) is 1. The summed E-state index contributed by atoms with van der Waals surface area (Å²) in [4.78, 5) is 24.5. The summed E-state index contributed by atoms with van der Waals surface area (Å²) in [6.07, 6.45) is 0.0982. The number of carbonyl (C=O) groups excluding carboxylic acids is 2. The van der Waals surface area contributed by atoms with E-state index in [0.717, 1.165) is 13.1 Å². The van der Waals surface area contributed by atoms with Gasteiger partial charge < -0.3 is 15.4 Å². The summed E-state index contributed by atoms with van der Waals surface area (Å²) >= 11 is 0. The highest BCUT2D eigenvalue weighted by atomic mass is 16.5. The first-order chi connectivity index (χ1) is 8.61. The van der Waals surface area contributed by atoms with Gasteiger partial charge in [-0.3, -0.25) is 15.0 Å². The molecule has 7 heteroatoms. The Hall–Kier alpha value is -1.18. The monoisotopic (exact) mass is 258 g/mol. The van der Waals surface area contributed by atoms with Crippen molar-refractivity contribution in [2.24, 2.45) is 0 Å². The van der Waals surface area contributed by atoms with E-state index in [1.54, 1.807) is 6.92 Å². The van der Waals surface area contributed by atoms with Crippen LogP contribution in [0.5, 0.6) is 0 Å². The van der Waals surface area contributed by atoms with Crippen molar-refractivity contribution in [2.75, 3.05) is 46.4 Å². The van der Waals surface area contributed by atoms with Crippen LogP contribution in [-0.4, -0.2) is 69.3 Å². The molecule has 1 saturated heterocycles. The van der Waals surface area contributed by atoms with Crippen LogP contribution in [0, 0.1) is 0 Å². The second-order valence-electron chi connectivity index (χ2n) is 4.30. The average molecular weight is 258 g/mol. The van der Waals surface area contributed by atoms with Gasteiger partial charge >= 0.3 is 6.03 Å². The van der Waals surface area contributed by atoms with Gasteiger partial charge in [-0.25, -0.2) is 4.79 Å². The molecule has 1 aliphatic rings. The van der Waals surface area contributed by atoms with Crippen LogP contribution in [0.2, 0.25) is 0 Å². The van der Waals surface area contributed by atoms with Crippen molar-refractivity contribution in [3.8, 4) is 0 Å². The van der Waals surface area contributed by atoms with E-state index in [9.17, 15) is 9.59 Å². The van der Waals surface area contributed by atoms with Gasteiger partial charge in [-0.1, -0.05) is 0 Å². The molecule has 0 saturated carbocycles. The summed E-state index contributed by atoms with van der Waals surface area (Å²) in [6, 6.07) is -0.452. The van der Waals surface area contributed by atoms with Crippen molar-refractivity contribution < 1.29 is 14.3 Å². The molecule has 104 valence electrons. The average Bonchev–Trinajstić information content (AvgIpc) is 2.29. The number of nitrogens with one attached hydrogen (secondary N) is 3. The summed E-state index contributed by atoms with van der Waals surface area (Å²) in [5, 5.41) is 7.99. The van der Waals surface area contributed by atoms with Gasteiger partial charge in [0.15, 0.2) is 0 Å². The molecule has 1 aliphatic heterocycles. The zero-order chi connectivity index (χ0) is 13.4. The van der Waals surface area contributed by atoms with Gasteiger partial charge in [-0.05, 0) is 14.0 Å². The highest BCUT2D eigenvalue weighted by molar-refractivity contribution is 5.95. The molecule has 1 fully saturated rings. The molecule has 18 heavy (non-hydrogen) atoms. The molecule has 0 aromatic carbocycles. The molecule has 1 unspecified atom stereocenters. The number of hydrogen-bond donors (Lipinski definition) is 3. The first-order valence-corrected chi connectivity index (χ1v) is 6.20. The quantitative estimate of drug-likeness (QED) is 0.574. The van der Waals surface area contributed by atoms with Crippen LogP contribution >= 0.6 is 0 Å². The fourth-order valence-electron chi connectivity index (χ4n) is 1.77. The number of hydrogen-bond acceptors (Lipinski definition) is 5. The van der Waals surface area contributed by atoms with Gasteiger partial charge in [-0.2, -0.15) is 0 Å². The topological polar surface area (TPSA) is 82.7 Å². The lowest BCUT2D eigenvalue weighted by Gasteiger charge is -2.27. The molecule has 3 N–H and O–H groups in total. The minimum Gasteiger partial charge on any atom is -0.374 e. The van der Waals surface area contributed by atoms with Gasteiger partial charge in [0.1, 0.15) is 0 Å². The van der Waals surface area contributed by atoms with E-state index < -0.39 is 6.03 Å². The smallest absolute Gasteiger partial charge is 0.321 e. The van der Waals surface area contributed by atoms with E-state index >= 15 is 0 Å². The Balaban J connectivity index is 2.19. The fourth-order valence-corrected chi connectivity index (χ4v) is 1.77. The van der Waals surface area contributed by atoms with E-state index in [0.29, 0.717) is 19.7 Å². The lowest BCUT2D eigenvalue weighted by Crippen LogP contribution is -2.48. The molecule has 1 rings (SSSR count). The molecule has 0 bridgehead atoms. The van der Waals surface area contributed by atoms with E-state index in [1.807, 2.05) is 11.9 Å². The highest BCUT2D eigenvalue weighted by Crippen LogP contribution is 1.98. The third kappa shape index (κ3) is 5.95. The van der Waals surface area contributed by atoms with Crippen LogP contribution in [-0.2, 0) is 9.53 Å². The second kappa shape index (κ2) is 8.02. The van der Waals surface area contributed by atoms with Crippen LogP contribution < -0.4 is 16.0 Å². The molecule has 3 amide bonds. The molecule has 0 aromatic heterocycles. The van der Waals surface area contributed by atoms with Crippen LogP contribution in [0.1, 0.15) is 6.92 Å². The maximum absolute atomic E-state index is 11.5. The van der Waals surface area contributed by atoms with Crippen molar-refractivity contribution in [3.63, 3.8) is 0 Å². The van der Waals surface area contributed by atoms with Crippen molar-refractivity contribution in [1.29, 1.82) is 0 Å². The zero-order valence-corrected chi connectivity index (χ0v) is 11.0. The van der Waals surface area contributed by atoms with Crippen molar-refractivity contribution >= 4 is 11.9 Å². The first-order valence-electron chi connectivity index (χ1n) is 6.20. The minimum atomic E-state index is -0.452. The molecule has 0 radical (unpaired) electrons. The Morgan fingerprint density at radius 1 is 1.50 bits per heavy atom. The molecule has 1 atom stereocenters. The number of amides is 3. The standard InChI is InChI=1S/C11H22N4O3/c1-3-13-11(17)14-10(16)8-15(2)7-9-6-12-4-5-18-9/h9,12H,3-8H2,1-2H3,(H2,13,14,16,17).